The summed E-state index contributed by atoms with van der Waals surface area (Å²) in [6.45, 7) is 0. The van der Waals surface area contributed by atoms with E-state index >= 15 is 0 Å². The van der Waals surface area contributed by atoms with Crippen LogP contribution in [0.4, 0.5) is 0 Å². The summed E-state index contributed by atoms with van der Waals surface area (Å²) in [7, 11) is 2.85. The molecule has 0 saturated heterocycles. The van der Waals surface area contributed by atoms with Crippen LogP contribution in [0.5, 0.6) is 0 Å². The lowest BCUT2D eigenvalue weighted by molar-refractivity contribution is 0.816. The molecule has 1 aromatic rings. The molecular weight excluding hydrogens is 127 g/mol. The summed E-state index contributed by atoms with van der Waals surface area (Å²) in [5, 5.41) is 0. The first kappa shape index (κ1) is 5.44. The molecule has 2 unspecified atom stereocenters. The van der Waals surface area contributed by atoms with Gasteiger partial charge in [0.15, 0.2) is 0 Å². The van der Waals surface area contributed by atoms with E-state index in [1.807, 2.05) is 0 Å². The molecule has 1 aromatic carbocycles. The van der Waals surface area contributed by atoms with E-state index in [0.29, 0.717) is 0 Å². The maximum atomic E-state index is 2.85. The monoisotopic (exact) mass is 136 g/mol. The van der Waals surface area contributed by atoms with Crippen molar-refractivity contribution in [1.82, 2.24) is 0 Å². The molecule has 0 aliphatic heterocycles. The van der Waals surface area contributed by atoms with Gasteiger partial charge in [-0.15, -0.1) is 9.24 Å². The van der Waals surface area contributed by atoms with E-state index in [-0.39, 0.29) is 0 Å². The van der Waals surface area contributed by atoms with E-state index in [1.54, 1.807) is 0 Å². The highest BCUT2D eigenvalue weighted by molar-refractivity contribution is 7.17. The minimum atomic E-state index is 0.737. The third-order valence-electron chi connectivity index (χ3n) is 1.89. The summed E-state index contributed by atoms with van der Waals surface area (Å²) >= 11 is 0. The van der Waals surface area contributed by atoms with Crippen LogP contribution in [-0.2, 0) is 6.42 Å². The van der Waals surface area contributed by atoms with Crippen LogP contribution >= 0.6 is 9.24 Å². The average Bonchev–Trinajstić information content (AvgIpc) is 1.86. The van der Waals surface area contributed by atoms with Gasteiger partial charge in [-0.2, -0.15) is 0 Å². The number of hydrogen-bond donors (Lipinski definition) is 0. The summed E-state index contributed by atoms with van der Waals surface area (Å²) < 4.78 is 0. The van der Waals surface area contributed by atoms with Crippen molar-refractivity contribution in [2.75, 3.05) is 0 Å². The van der Waals surface area contributed by atoms with Crippen molar-refractivity contribution in [2.24, 2.45) is 0 Å². The lowest BCUT2D eigenvalue weighted by Crippen LogP contribution is -2.09. The molecule has 1 aliphatic rings. The minimum absolute atomic E-state index is 0.737. The molecule has 0 amide bonds. The summed E-state index contributed by atoms with van der Waals surface area (Å²) in [6.07, 6.45) is 1.25. The first-order chi connectivity index (χ1) is 4.38. The summed E-state index contributed by atoms with van der Waals surface area (Å²) in [5.41, 5.74) is 3.78. The second-order valence-electron chi connectivity index (χ2n) is 2.51. The molecule has 2 atom stereocenters. The summed E-state index contributed by atoms with van der Waals surface area (Å²) in [5.74, 6) is 0. The third kappa shape index (κ3) is 0.702. The molecule has 0 nitrogen and oxygen atoms in total. The van der Waals surface area contributed by atoms with E-state index < -0.39 is 0 Å². The molecule has 2 rings (SSSR count). The van der Waals surface area contributed by atoms with Gasteiger partial charge in [0.1, 0.15) is 0 Å². The van der Waals surface area contributed by atoms with Crippen LogP contribution in [-0.4, -0.2) is 0 Å². The fourth-order valence-corrected chi connectivity index (χ4v) is 1.88. The molecule has 1 heteroatoms. The Morgan fingerprint density at radius 2 is 2.11 bits per heavy atom. The first-order valence-electron chi connectivity index (χ1n) is 3.21. The van der Waals surface area contributed by atoms with Gasteiger partial charge in [-0.05, 0) is 17.5 Å². The second-order valence-corrected chi connectivity index (χ2v) is 3.31. The Morgan fingerprint density at radius 1 is 1.33 bits per heavy atom. The van der Waals surface area contributed by atoms with Crippen molar-refractivity contribution in [1.29, 1.82) is 0 Å². The predicted molar refractivity (Wildman–Crippen MR) is 42.6 cm³/mol. The Balaban J connectivity index is 2.51. The zero-order valence-electron chi connectivity index (χ0n) is 5.17. The first-order valence-corrected chi connectivity index (χ1v) is 3.88. The summed E-state index contributed by atoms with van der Waals surface area (Å²) in [4.78, 5) is 0. The molecular formula is C8H9P. The summed E-state index contributed by atoms with van der Waals surface area (Å²) in [6, 6.07) is 8.62. The van der Waals surface area contributed by atoms with E-state index in [9.17, 15) is 0 Å². The van der Waals surface area contributed by atoms with Gasteiger partial charge < -0.3 is 0 Å². The molecule has 0 spiro atoms. The molecule has 1 aliphatic carbocycles. The molecule has 0 fully saturated rings. The van der Waals surface area contributed by atoms with Crippen LogP contribution in [0, 0.1) is 0 Å². The second kappa shape index (κ2) is 1.82. The van der Waals surface area contributed by atoms with Crippen LogP contribution in [0.1, 0.15) is 16.8 Å². The van der Waals surface area contributed by atoms with Crippen molar-refractivity contribution in [3.63, 3.8) is 0 Å². The third-order valence-corrected chi connectivity index (χ3v) is 2.49. The van der Waals surface area contributed by atoms with Gasteiger partial charge in [0, 0.05) is 5.66 Å². The van der Waals surface area contributed by atoms with Gasteiger partial charge in [-0.3, -0.25) is 0 Å². The zero-order chi connectivity index (χ0) is 6.27. The molecule has 0 saturated carbocycles. The highest BCUT2D eigenvalue weighted by atomic mass is 31.0. The van der Waals surface area contributed by atoms with Crippen LogP contribution in [0.25, 0.3) is 0 Å². The topological polar surface area (TPSA) is 0 Å². The van der Waals surface area contributed by atoms with Crippen molar-refractivity contribution in [3.8, 4) is 0 Å². The van der Waals surface area contributed by atoms with Crippen molar-refractivity contribution in [3.05, 3.63) is 35.4 Å². The average molecular weight is 136 g/mol. The van der Waals surface area contributed by atoms with Gasteiger partial charge in [-0.25, -0.2) is 0 Å². The fourth-order valence-electron chi connectivity index (χ4n) is 1.30. The Kier molecular flexibility index (Phi) is 1.10. The Morgan fingerprint density at radius 3 is 2.67 bits per heavy atom. The van der Waals surface area contributed by atoms with Crippen LogP contribution < -0.4 is 0 Å². The highest BCUT2D eigenvalue weighted by Gasteiger charge is 2.19. The molecule has 0 aromatic heterocycles. The van der Waals surface area contributed by atoms with Gasteiger partial charge in [-0.1, -0.05) is 24.3 Å². The lowest BCUT2D eigenvalue weighted by Gasteiger charge is -2.25. The fraction of sp³-hybridized carbons (Fsp3) is 0.250. The highest BCUT2D eigenvalue weighted by Crippen LogP contribution is 2.39. The molecule has 46 valence electrons. The van der Waals surface area contributed by atoms with E-state index in [4.69, 9.17) is 0 Å². The normalized spacial score (nSPS) is 22.6. The van der Waals surface area contributed by atoms with E-state index in [0.717, 1.165) is 5.66 Å². The molecule has 0 bridgehead atoms. The van der Waals surface area contributed by atoms with Crippen LogP contribution in [0.2, 0.25) is 0 Å². The predicted octanol–water partition coefficient (Wildman–Crippen LogP) is 2.16. The van der Waals surface area contributed by atoms with Gasteiger partial charge in [0.25, 0.3) is 0 Å². The van der Waals surface area contributed by atoms with Gasteiger partial charge >= 0.3 is 0 Å². The largest absolute Gasteiger partial charge is 0.129 e. The van der Waals surface area contributed by atoms with E-state index in [2.05, 4.69) is 33.5 Å². The number of fused-ring (bicyclic) bond motifs is 1. The zero-order valence-corrected chi connectivity index (χ0v) is 6.33. The molecule has 0 radical (unpaired) electrons. The quantitative estimate of drug-likeness (QED) is 0.479. The maximum Gasteiger partial charge on any atom is 0.00285 e. The SMILES string of the molecule is PC1Cc2ccccc21. The molecule has 0 heterocycles. The van der Waals surface area contributed by atoms with Crippen molar-refractivity contribution < 1.29 is 0 Å². The number of hydrogen-bond acceptors (Lipinski definition) is 0. The van der Waals surface area contributed by atoms with Crippen LogP contribution in [0.3, 0.4) is 0 Å². The smallest absolute Gasteiger partial charge is 0.00285 e. The molecule has 0 N–H and O–H groups in total. The lowest BCUT2D eigenvalue weighted by atomic mass is 9.88. The Hall–Kier alpha value is -0.350. The standard InChI is InChI=1S/C8H9P/c9-8-5-6-3-1-2-4-7(6)8/h1-4,8H,5,9H2. The van der Waals surface area contributed by atoms with Gasteiger partial charge in [0.05, 0.1) is 0 Å². The molecule has 9 heavy (non-hydrogen) atoms. The van der Waals surface area contributed by atoms with Crippen molar-refractivity contribution in [2.45, 2.75) is 12.1 Å². The Bertz CT molecular complexity index is 230. The number of benzene rings is 1. The van der Waals surface area contributed by atoms with Gasteiger partial charge in [0.2, 0.25) is 0 Å². The maximum absolute atomic E-state index is 2.85. The minimum Gasteiger partial charge on any atom is -0.129 e. The number of rotatable bonds is 0. The van der Waals surface area contributed by atoms with Crippen molar-refractivity contribution >= 4 is 9.24 Å². The van der Waals surface area contributed by atoms with Crippen LogP contribution in [0.15, 0.2) is 24.3 Å². The Labute approximate surface area is 57.5 Å². The van der Waals surface area contributed by atoms with E-state index in [1.165, 1.54) is 17.5 Å².